The molecule has 3 heteroatoms. The van der Waals surface area contributed by atoms with Gasteiger partial charge in [-0.05, 0) is 0 Å². The first-order chi connectivity index (χ1) is 5.72. The first-order valence-corrected chi connectivity index (χ1v) is 10.5. The number of rotatable bonds is 1. The second kappa shape index (κ2) is 6.62. The Morgan fingerprint density at radius 3 is 2.00 bits per heavy atom. The van der Waals surface area contributed by atoms with E-state index in [9.17, 15) is 0 Å². The fraction of sp³-hybridized carbons (Fsp3) is 0.333. The number of hydrogen-bond acceptors (Lipinski definition) is 1. The number of benzene rings is 1. The van der Waals surface area contributed by atoms with Crippen molar-refractivity contribution in [3.05, 3.63) is 29.3 Å². The molecule has 0 fully saturated rings. The zero-order valence-electron chi connectivity index (χ0n) is 7.65. The molecule has 1 aromatic rings. The molecule has 62 valence electrons. The molecule has 0 aliphatic heterocycles. The molecule has 0 saturated carbocycles. The number of hydrogen-bond donors (Lipinski definition) is 0. The fourth-order valence-corrected chi connectivity index (χ4v) is 0.969. The van der Waals surface area contributed by atoms with E-state index in [1.807, 2.05) is 26.0 Å². The predicted molar refractivity (Wildman–Crippen MR) is 50.2 cm³/mol. The molecule has 0 bridgehead atoms. The Morgan fingerprint density at radius 2 is 1.67 bits per heavy atom. The Hall–Kier alpha value is 0.123. The van der Waals surface area contributed by atoms with Gasteiger partial charge in [0.25, 0.3) is 0 Å². The van der Waals surface area contributed by atoms with Crippen LogP contribution in [-0.2, 0) is 16.3 Å². The van der Waals surface area contributed by atoms with E-state index >= 15 is 0 Å². The van der Waals surface area contributed by atoms with Gasteiger partial charge in [-0.2, -0.15) is 17.2 Å². The van der Waals surface area contributed by atoms with Gasteiger partial charge in [0.15, 0.2) is 0 Å². The average Bonchev–Trinajstić information content (AvgIpc) is 2.06. The van der Waals surface area contributed by atoms with Crippen molar-refractivity contribution in [2.75, 3.05) is 7.11 Å². The summed E-state index contributed by atoms with van der Waals surface area (Å²) in [5, 5.41) is 0. The molecule has 1 aromatic carbocycles. The van der Waals surface area contributed by atoms with Gasteiger partial charge in [-0.3, -0.25) is 0 Å². The normalized spacial score (nSPS) is 8.50. The maximum atomic E-state index is 5.06. The molecule has 1 rings (SSSR count). The summed E-state index contributed by atoms with van der Waals surface area (Å²) in [5.74, 6) is 0.911. The van der Waals surface area contributed by atoms with Crippen LogP contribution in [0, 0.1) is 19.9 Å². The summed E-state index contributed by atoms with van der Waals surface area (Å²) in [6.45, 7) is 4.02. The molecule has 0 heterocycles. The first-order valence-electron chi connectivity index (χ1n) is 3.53. The summed E-state index contributed by atoms with van der Waals surface area (Å²) < 4.78 is 5.06. The third-order valence-corrected chi connectivity index (χ3v) is 1.35. The summed E-state index contributed by atoms with van der Waals surface area (Å²) >= 11 is 4.25. The van der Waals surface area contributed by atoms with Crippen LogP contribution in [0.1, 0.15) is 11.1 Å². The van der Waals surface area contributed by atoms with Crippen molar-refractivity contribution in [3.8, 4) is 5.75 Å². The van der Waals surface area contributed by atoms with Crippen LogP contribution < -0.4 is 4.74 Å². The Labute approximate surface area is 90.5 Å². The molecular weight excluding hydrogens is 269 g/mol. The van der Waals surface area contributed by atoms with Crippen LogP contribution in [0.2, 0.25) is 0 Å². The molecule has 0 unspecified atom stereocenters. The molecule has 0 atom stereocenters. The molecule has 0 radical (unpaired) electrons. The predicted octanol–water partition coefficient (Wildman–Crippen LogP) is 2.96. The van der Waals surface area contributed by atoms with Gasteiger partial charge in [-0.25, -0.2) is 0 Å². The van der Waals surface area contributed by atoms with Crippen molar-refractivity contribution >= 4 is 13.6 Å². The summed E-state index contributed by atoms with van der Waals surface area (Å²) in [4.78, 5) is 0. The average molecular weight is 280 g/mol. The van der Waals surface area contributed by atoms with Gasteiger partial charge in [0.05, 0.1) is 7.11 Å². The van der Waals surface area contributed by atoms with Crippen LogP contribution in [0.3, 0.4) is 0 Å². The standard InChI is InChI=1S/C9H11O.BrH.Zn/c1-7-4-8(2)6-9(5-7)10-3;;/h5-6H,1-3H3;1H;/q-1;;+2/p-1. The first kappa shape index (κ1) is 12.1. The van der Waals surface area contributed by atoms with E-state index < -0.39 is 0 Å². The Kier molecular flexibility index (Phi) is 6.69. The van der Waals surface area contributed by atoms with Gasteiger partial charge in [0.2, 0.25) is 0 Å². The van der Waals surface area contributed by atoms with Crippen LogP contribution in [0.4, 0.5) is 0 Å². The van der Waals surface area contributed by atoms with Crippen molar-refractivity contribution < 1.29 is 21.1 Å². The Balaban J connectivity index is 0.000000561. The van der Waals surface area contributed by atoms with Crippen molar-refractivity contribution in [1.82, 2.24) is 0 Å². The molecule has 0 amide bonds. The Morgan fingerprint density at radius 1 is 1.25 bits per heavy atom. The second-order valence-corrected chi connectivity index (χ2v) is 2.39. The number of halogens is 1. The molecule has 0 aliphatic carbocycles. The van der Waals surface area contributed by atoms with Crippen LogP contribution >= 0.6 is 13.6 Å². The molecule has 0 aromatic heterocycles. The van der Waals surface area contributed by atoms with Crippen molar-refractivity contribution in [1.29, 1.82) is 0 Å². The van der Waals surface area contributed by atoms with E-state index in [0.29, 0.717) is 0 Å². The van der Waals surface area contributed by atoms with Crippen LogP contribution in [-0.4, -0.2) is 7.11 Å². The van der Waals surface area contributed by atoms with E-state index in [1.54, 1.807) is 7.11 Å². The van der Waals surface area contributed by atoms with E-state index in [4.69, 9.17) is 4.74 Å². The van der Waals surface area contributed by atoms with Crippen LogP contribution in [0.5, 0.6) is 5.75 Å². The van der Waals surface area contributed by atoms with E-state index in [0.717, 1.165) is 16.9 Å². The minimum absolute atomic E-state index is 0.911. The zero-order chi connectivity index (χ0) is 9.56. The van der Waals surface area contributed by atoms with Gasteiger partial charge in [-0.15, -0.1) is 12.1 Å². The van der Waals surface area contributed by atoms with E-state index in [1.165, 1.54) is 16.3 Å². The van der Waals surface area contributed by atoms with Gasteiger partial charge >= 0.3 is 30.0 Å². The van der Waals surface area contributed by atoms with Crippen molar-refractivity contribution in [3.63, 3.8) is 0 Å². The number of aryl methyl sites for hydroxylation is 2. The van der Waals surface area contributed by atoms with Crippen molar-refractivity contribution in [2.24, 2.45) is 0 Å². The van der Waals surface area contributed by atoms with Crippen molar-refractivity contribution in [2.45, 2.75) is 13.8 Å². The SMILES string of the molecule is COc1cc(C)[c-]c(C)c1.[Zn+][Br]. The Bertz CT molecular complexity index is 218. The topological polar surface area (TPSA) is 9.23 Å². The molecule has 0 spiro atoms. The summed E-state index contributed by atoms with van der Waals surface area (Å²) in [6.07, 6.45) is 0. The maximum absolute atomic E-state index is 5.06. The van der Waals surface area contributed by atoms with Gasteiger partial charge in [0.1, 0.15) is 0 Å². The molecule has 12 heavy (non-hydrogen) atoms. The molecule has 0 aliphatic rings. The molecule has 0 N–H and O–H groups in total. The van der Waals surface area contributed by atoms with Crippen LogP contribution in [0.15, 0.2) is 12.1 Å². The monoisotopic (exact) mass is 278 g/mol. The third-order valence-electron chi connectivity index (χ3n) is 1.35. The molecule has 0 saturated heterocycles. The van der Waals surface area contributed by atoms with Gasteiger partial charge in [-0.1, -0.05) is 13.8 Å². The summed E-state index contributed by atoms with van der Waals surface area (Å²) in [6, 6.07) is 7.10. The third kappa shape index (κ3) is 4.22. The van der Waals surface area contributed by atoms with E-state index in [2.05, 4.69) is 19.7 Å². The zero-order valence-corrected chi connectivity index (χ0v) is 12.2. The summed E-state index contributed by atoms with van der Waals surface area (Å²) in [5.41, 5.74) is 2.24. The van der Waals surface area contributed by atoms with Gasteiger partial charge in [0, 0.05) is 5.75 Å². The summed E-state index contributed by atoms with van der Waals surface area (Å²) in [7, 11) is 1.67. The number of methoxy groups -OCH3 is 1. The second-order valence-electron chi connectivity index (χ2n) is 2.39. The van der Waals surface area contributed by atoms with E-state index in [-0.39, 0.29) is 0 Å². The van der Waals surface area contributed by atoms with Crippen LogP contribution in [0.25, 0.3) is 0 Å². The number of ether oxygens (including phenoxy) is 1. The minimum atomic E-state index is 0.911. The fourth-order valence-electron chi connectivity index (χ4n) is 0.969. The quantitative estimate of drug-likeness (QED) is 0.568. The molecular formula is C9H11BrOZn. The van der Waals surface area contributed by atoms with Gasteiger partial charge < -0.3 is 4.74 Å². The molecule has 1 nitrogen and oxygen atoms in total.